The molecule has 1 aromatic rings. The first-order valence-corrected chi connectivity index (χ1v) is 6.42. The molecule has 0 aliphatic rings. The number of nitrogens with one attached hydrogen (secondary N) is 2. The van der Waals surface area contributed by atoms with E-state index in [1.54, 1.807) is 24.3 Å². The molecular formula is C13H17ClN2O3. The van der Waals surface area contributed by atoms with Crippen LogP contribution in [-0.2, 0) is 4.79 Å². The summed E-state index contributed by atoms with van der Waals surface area (Å²) in [4.78, 5) is 22.2. The zero-order valence-corrected chi connectivity index (χ0v) is 11.4. The van der Waals surface area contributed by atoms with Crippen molar-refractivity contribution in [2.75, 3.05) is 11.9 Å². The number of hydrogen-bond acceptors (Lipinski definition) is 2. The first-order valence-electron chi connectivity index (χ1n) is 6.04. The summed E-state index contributed by atoms with van der Waals surface area (Å²) in [6.07, 6.45) is 0.738. The highest BCUT2D eigenvalue weighted by Gasteiger charge is 2.12. The monoisotopic (exact) mass is 284 g/mol. The molecule has 19 heavy (non-hydrogen) atoms. The number of anilines is 1. The second kappa shape index (κ2) is 7.63. The average molecular weight is 285 g/mol. The van der Waals surface area contributed by atoms with Gasteiger partial charge >= 0.3 is 12.0 Å². The highest BCUT2D eigenvalue weighted by Crippen LogP contribution is 2.20. The molecule has 0 aliphatic carbocycles. The molecule has 0 aromatic heterocycles. The van der Waals surface area contributed by atoms with Crippen LogP contribution in [0.25, 0.3) is 0 Å². The summed E-state index contributed by atoms with van der Waals surface area (Å²) < 4.78 is 0. The molecule has 0 heterocycles. The van der Waals surface area contributed by atoms with E-state index >= 15 is 0 Å². The molecule has 1 atom stereocenters. The third-order valence-electron chi connectivity index (χ3n) is 2.71. The van der Waals surface area contributed by atoms with Gasteiger partial charge in [0.15, 0.2) is 0 Å². The van der Waals surface area contributed by atoms with Gasteiger partial charge in [0.2, 0.25) is 0 Å². The fraction of sp³-hybridized carbons (Fsp3) is 0.385. The van der Waals surface area contributed by atoms with Crippen molar-refractivity contribution in [2.24, 2.45) is 5.92 Å². The summed E-state index contributed by atoms with van der Waals surface area (Å²) in [6, 6.07) is 6.51. The van der Waals surface area contributed by atoms with E-state index in [4.69, 9.17) is 16.7 Å². The van der Waals surface area contributed by atoms with E-state index < -0.39 is 12.0 Å². The lowest BCUT2D eigenvalue weighted by Crippen LogP contribution is -2.33. The third kappa shape index (κ3) is 5.61. The smallest absolute Gasteiger partial charge is 0.319 e. The van der Waals surface area contributed by atoms with Crippen molar-refractivity contribution in [2.45, 2.75) is 19.8 Å². The van der Waals surface area contributed by atoms with Crippen molar-refractivity contribution in [1.82, 2.24) is 5.32 Å². The Morgan fingerprint density at radius 1 is 1.37 bits per heavy atom. The van der Waals surface area contributed by atoms with Crippen molar-refractivity contribution >= 4 is 29.3 Å². The average Bonchev–Trinajstić information content (AvgIpc) is 2.37. The Bertz CT molecular complexity index is 451. The van der Waals surface area contributed by atoms with Crippen LogP contribution in [0, 0.1) is 5.92 Å². The fourth-order valence-electron chi connectivity index (χ4n) is 1.57. The van der Waals surface area contributed by atoms with Crippen LogP contribution in [0.5, 0.6) is 0 Å². The maximum absolute atomic E-state index is 11.6. The summed E-state index contributed by atoms with van der Waals surface area (Å²) in [5.41, 5.74) is 0.521. The van der Waals surface area contributed by atoms with Gasteiger partial charge in [-0.05, 0) is 18.1 Å². The quantitative estimate of drug-likeness (QED) is 0.751. The number of urea groups is 1. The van der Waals surface area contributed by atoms with E-state index in [0.29, 0.717) is 23.7 Å². The van der Waals surface area contributed by atoms with E-state index in [9.17, 15) is 9.59 Å². The van der Waals surface area contributed by atoms with E-state index in [2.05, 4.69) is 10.6 Å². The Hall–Kier alpha value is -1.75. The number of amides is 2. The van der Waals surface area contributed by atoms with Crippen LogP contribution >= 0.6 is 11.6 Å². The molecule has 1 aromatic carbocycles. The topological polar surface area (TPSA) is 78.4 Å². The molecular weight excluding hydrogens is 268 g/mol. The standard InChI is InChI=1S/C13H17ClN2O3/c1-2-9(7-12(17)18)8-15-13(19)16-11-6-4-3-5-10(11)14/h3-6,9H,2,7-8H2,1H3,(H,17,18)(H2,15,16,19). The van der Waals surface area contributed by atoms with Gasteiger partial charge in [-0.1, -0.05) is 37.1 Å². The molecule has 1 rings (SSSR count). The SMILES string of the molecule is CCC(CNC(=O)Nc1ccccc1Cl)CC(=O)O. The van der Waals surface area contributed by atoms with E-state index in [1.165, 1.54) is 0 Å². The first-order chi connectivity index (χ1) is 9.02. The van der Waals surface area contributed by atoms with Gasteiger partial charge in [0.05, 0.1) is 10.7 Å². The minimum atomic E-state index is -0.861. The number of para-hydroxylation sites is 1. The molecule has 6 heteroatoms. The highest BCUT2D eigenvalue weighted by molar-refractivity contribution is 6.33. The zero-order chi connectivity index (χ0) is 14.3. The minimum absolute atomic E-state index is 0.0445. The molecule has 0 fully saturated rings. The normalized spacial score (nSPS) is 11.7. The second-order valence-corrected chi connectivity index (χ2v) is 4.59. The van der Waals surface area contributed by atoms with Crippen molar-refractivity contribution in [3.63, 3.8) is 0 Å². The number of carbonyl (C=O) groups excluding carboxylic acids is 1. The van der Waals surface area contributed by atoms with Crippen LogP contribution in [0.1, 0.15) is 19.8 Å². The number of halogens is 1. The van der Waals surface area contributed by atoms with Gasteiger partial charge in [-0.25, -0.2) is 4.79 Å². The van der Waals surface area contributed by atoms with Gasteiger partial charge in [0, 0.05) is 13.0 Å². The zero-order valence-electron chi connectivity index (χ0n) is 10.6. The van der Waals surface area contributed by atoms with Gasteiger partial charge in [0.25, 0.3) is 0 Å². The van der Waals surface area contributed by atoms with Gasteiger partial charge < -0.3 is 15.7 Å². The number of benzene rings is 1. The second-order valence-electron chi connectivity index (χ2n) is 4.19. The number of carbonyl (C=O) groups is 2. The van der Waals surface area contributed by atoms with Gasteiger partial charge in [-0.15, -0.1) is 0 Å². The number of carboxylic acids is 1. The molecule has 0 aliphatic heterocycles. The Kier molecular flexibility index (Phi) is 6.15. The molecule has 3 N–H and O–H groups in total. The summed E-state index contributed by atoms with van der Waals surface area (Å²) >= 11 is 5.91. The van der Waals surface area contributed by atoms with Crippen LogP contribution in [0.2, 0.25) is 5.02 Å². The number of aliphatic carboxylic acids is 1. The van der Waals surface area contributed by atoms with Gasteiger partial charge in [-0.2, -0.15) is 0 Å². The third-order valence-corrected chi connectivity index (χ3v) is 3.04. The summed E-state index contributed by atoms with van der Waals surface area (Å²) in [7, 11) is 0. The number of carboxylic acid groups (broad SMARTS) is 1. The Balaban J connectivity index is 2.43. The highest BCUT2D eigenvalue weighted by atomic mass is 35.5. The summed E-state index contributed by atoms with van der Waals surface area (Å²) in [5, 5.41) is 14.4. The van der Waals surface area contributed by atoms with Crippen LogP contribution in [-0.4, -0.2) is 23.7 Å². The molecule has 5 nitrogen and oxygen atoms in total. The summed E-state index contributed by atoms with van der Waals surface area (Å²) in [6.45, 7) is 2.21. The molecule has 1 unspecified atom stereocenters. The maximum Gasteiger partial charge on any atom is 0.319 e. The molecule has 0 saturated carbocycles. The van der Waals surface area contributed by atoms with E-state index in [0.717, 1.165) is 0 Å². The van der Waals surface area contributed by atoms with Crippen LogP contribution in [0.3, 0.4) is 0 Å². The Morgan fingerprint density at radius 2 is 2.05 bits per heavy atom. The van der Waals surface area contributed by atoms with Gasteiger partial charge in [-0.3, -0.25) is 4.79 Å². The van der Waals surface area contributed by atoms with Crippen molar-refractivity contribution in [3.05, 3.63) is 29.3 Å². The molecule has 104 valence electrons. The predicted molar refractivity (Wildman–Crippen MR) is 74.5 cm³/mol. The lowest BCUT2D eigenvalue weighted by atomic mass is 10.0. The van der Waals surface area contributed by atoms with Crippen LogP contribution < -0.4 is 10.6 Å². The van der Waals surface area contributed by atoms with Crippen molar-refractivity contribution < 1.29 is 14.7 Å². The van der Waals surface area contributed by atoms with Crippen molar-refractivity contribution in [1.29, 1.82) is 0 Å². The largest absolute Gasteiger partial charge is 0.481 e. The van der Waals surface area contributed by atoms with E-state index in [1.807, 2.05) is 6.92 Å². The maximum atomic E-state index is 11.6. The van der Waals surface area contributed by atoms with Crippen LogP contribution in [0.15, 0.2) is 24.3 Å². The van der Waals surface area contributed by atoms with Gasteiger partial charge in [0.1, 0.15) is 0 Å². The molecule has 0 radical (unpaired) electrons. The molecule has 0 bridgehead atoms. The Labute approximate surface area is 117 Å². The minimum Gasteiger partial charge on any atom is -0.481 e. The predicted octanol–water partition coefficient (Wildman–Crippen LogP) is 2.96. The van der Waals surface area contributed by atoms with E-state index in [-0.39, 0.29) is 12.3 Å². The summed E-state index contributed by atoms with van der Waals surface area (Å²) in [5.74, 6) is -0.936. The number of rotatable bonds is 6. The molecule has 2 amide bonds. The Morgan fingerprint density at radius 3 is 2.63 bits per heavy atom. The van der Waals surface area contributed by atoms with Crippen LogP contribution in [0.4, 0.5) is 10.5 Å². The first kappa shape index (κ1) is 15.3. The fourth-order valence-corrected chi connectivity index (χ4v) is 1.76. The lowest BCUT2D eigenvalue weighted by Gasteiger charge is -2.14. The lowest BCUT2D eigenvalue weighted by molar-refractivity contribution is -0.138. The van der Waals surface area contributed by atoms with Crippen molar-refractivity contribution in [3.8, 4) is 0 Å². The number of hydrogen-bond donors (Lipinski definition) is 3. The molecule has 0 spiro atoms. The molecule has 0 saturated heterocycles.